The fourth-order valence-corrected chi connectivity index (χ4v) is 3.68. The molecule has 150 valence electrons. The van der Waals surface area contributed by atoms with Gasteiger partial charge in [0, 0.05) is 20.0 Å². The van der Waals surface area contributed by atoms with Crippen LogP contribution in [0.1, 0.15) is 18.1 Å². The number of piperidine rings is 1. The molecule has 1 saturated heterocycles. The van der Waals surface area contributed by atoms with Crippen molar-refractivity contribution < 1.29 is 18.3 Å². The number of halogens is 2. The molecule has 3 rings (SSSR count). The van der Waals surface area contributed by atoms with E-state index in [0.29, 0.717) is 6.54 Å². The number of benzene rings is 2. The summed E-state index contributed by atoms with van der Waals surface area (Å²) in [5.41, 5.74) is 1.89. The van der Waals surface area contributed by atoms with Crippen molar-refractivity contribution in [3.05, 3.63) is 71.8 Å². The summed E-state index contributed by atoms with van der Waals surface area (Å²) in [6, 6.07) is 17.6. The molecule has 1 N–H and O–H groups in total. The van der Waals surface area contributed by atoms with Gasteiger partial charge in [0.1, 0.15) is 19.0 Å². The third-order valence-corrected chi connectivity index (χ3v) is 5.04. The molecule has 6 heteroatoms. The van der Waals surface area contributed by atoms with Crippen molar-refractivity contribution in [3.63, 3.8) is 0 Å². The quantitative estimate of drug-likeness (QED) is 0.792. The third kappa shape index (κ3) is 5.14. The molecular formula is C22H26F2N2O2. The van der Waals surface area contributed by atoms with E-state index >= 15 is 4.39 Å². The second-order valence-corrected chi connectivity index (χ2v) is 7.15. The van der Waals surface area contributed by atoms with Crippen molar-refractivity contribution in [2.24, 2.45) is 0 Å². The van der Waals surface area contributed by atoms with E-state index in [4.69, 9.17) is 4.74 Å². The number of nitrogens with zero attached hydrogens (tertiary/aromatic N) is 1. The first-order valence-corrected chi connectivity index (χ1v) is 9.49. The van der Waals surface area contributed by atoms with Gasteiger partial charge in [0.15, 0.2) is 0 Å². The van der Waals surface area contributed by atoms with E-state index in [0.717, 1.165) is 11.1 Å². The summed E-state index contributed by atoms with van der Waals surface area (Å²) in [6.45, 7) is 1.52. The van der Waals surface area contributed by atoms with Crippen molar-refractivity contribution in [3.8, 4) is 0 Å². The van der Waals surface area contributed by atoms with Crippen molar-refractivity contribution in [2.75, 3.05) is 13.2 Å². The lowest BCUT2D eigenvalue weighted by Gasteiger charge is -2.45. The highest BCUT2D eigenvalue weighted by atomic mass is 19.1. The molecule has 1 amide bonds. The molecule has 1 aliphatic heterocycles. The van der Waals surface area contributed by atoms with Gasteiger partial charge >= 0.3 is 0 Å². The second kappa shape index (κ2) is 9.75. The summed E-state index contributed by atoms with van der Waals surface area (Å²) >= 11 is 0. The Hall–Kier alpha value is -2.31. The van der Waals surface area contributed by atoms with Crippen LogP contribution in [0, 0.1) is 0 Å². The number of carbonyl (C=O) groups is 1. The second-order valence-electron chi connectivity index (χ2n) is 7.15. The first kappa shape index (κ1) is 20.4. The van der Waals surface area contributed by atoms with Crippen LogP contribution >= 0.6 is 0 Å². The van der Waals surface area contributed by atoms with Gasteiger partial charge in [0.05, 0.1) is 18.7 Å². The normalized spacial score (nSPS) is 25.4. The summed E-state index contributed by atoms with van der Waals surface area (Å²) in [5.74, 6) is -0.312. The maximum atomic E-state index is 15.2. The molecule has 4 atom stereocenters. The van der Waals surface area contributed by atoms with E-state index < -0.39 is 31.0 Å². The topological polar surface area (TPSA) is 41.6 Å². The Kier molecular flexibility index (Phi) is 7.12. The molecular weight excluding hydrogens is 362 g/mol. The number of nitrogens with one attached hydrogen (secondary N) is 1. The Morgan fingerprint density at radius 1 is 1.11 bits per heavy atom. The lowest BCUT2D eigenvalue weighted by atomic mass is 9.92. The van der Waals surface area contributed by atoms with Gasteiger partial charge in [-0.05, 0) is 11.1 Å². The lowest BCUT2D eigenvalue weighted by Crippen LogP contribution is -2.65. The van der Waals surface area contributed by atoms with Gasteiger partial charge < -0.3 is 10.1 Å². The number of carbonyl (C=O) groups excluding carboxylic acids is 1. The van der Waals surface area contributed by atoms with Crippen LogP contribution in [-0.4, -0.2) is 48.4 Å². The smallest absolute Gasteiger partial charge is 0.217 e. The molecule has 4 nitrogen and oxygen atoms in total. The summed E-state index contributed by atoms with van der Waals surface area (Å²) in [4.78, 5) is 13.4. The first-order chi connectivity index (χ1) is 13.6. The van der Waals surface area contributed by atoms with Gasteiger partial charge in [-0.3, -0.25) is 9.69 Å². The van der Waals surface area contributed by atoms with E-state index in [2.05, 4.69) is 5.32 Å². The van der Waals surface area contributed by atoms with E-state index in [9.17, 15) is 9.18 Å². The van der Waals surface area contributed by atoms with Crippen LogP contribution in [0.2, 0.25) is 0 Å². The predicted molar refractivity (Wildman–Crippen MR) is 104 cm³/mol. The van der Waals surface area contributed by atoms with Gasteiger partial charge in [-0.2, -0.15) is 0 Å². The minimum absolute atomic E-state index is 0.189. The largest absolute Gasteiger partial charge is 0.369 e. The van der Waals surface area contributed by atoms with Crippen molar-refractivity contribution in [1.29, 1.82) is 0 Å². The highest BCUT2D eigenvalue weighted by Gasteiger charge is 2.45. The average Bonchev–Trinajstić information content (AvgIpc) is 2.70. The molecule has 2 aromatic carbocycles. The Morgan fingerprint density at radius 2 is 1.71 bits per heavy atom. The molecule has 0 bridgehead atoms. The fraction of sp³-hybridized carbons (Fsp3) is 0.409. The molecule has 28 heavy (non-hydrogen) atoms. The van der Waals surface area contributed by atoms with Crippen LogP contribution in [0.5, 0.6) is 0 Å². The highest BCUT2D eigenvalue weighted by molar-refractivity contribution is 5.73. The van der Waals surface area contributed by atoms with Crippen molar-refractivity contribution in [2.45, 2.75) is 44.4 Å². The highest BCUT2D eigenvalue weighted by Crippen LogP contribution is 2.27. The fourth-order valence-electron chi connectivity index (χ4n) is 3.68. The van der Waals surface area contributed by atoms with Crippen LogP contribution in [0.25, 0.3) is 0 Å². The molecule has 1 aliphatic rings. The monoisotopic (exact) mass is 388 g/mol. The number of ether oxygens (including phenoxy) is 1. The predicted octanol–water partition coefficient (Wildman–Crippen LogP) is 3.27. The standard InChI is InChI=1S/C22H26F2N2O2/c1-16(27)25-19-14-26(13-17-8-4-2-5-9-17)20(12-23)22(21(19)24)28-15-18-10-6-3-7-11-18/h2-11,19-22H,12-15H2,1H3,(H,25,27)/t19-,20+,21-,22+/m0/s1. The number of alkyl halides is 2. The van der Waals surface area contributed by atoms with E-state index in [-0.39, 0.29) is 19.1 Å². The molecule has 1 heterocycles. The van der Waals surface area contributed by atoms with Crippen molar-refractivity contribution >= 4 is 5.91 Å². The number of likely N-dealkylation sites (tertiary alicyclic amines) is 1. The maximum absolute atomic E-state index is 15.2. The molecule has 0 aliphatic carbocycles. The third-order valence-electron chi connectivity index (χ3n) is 5.04. The summed E-state index contributed by atoms with van der Waals surface area (Å²) in [5, 5.41) is 2.66. The molecule has 1 fully saturated rings. The number of hydrogen-bond acceptors (Lipinski definition) is 3. The van der Waals surface area contributed by atoms with Gasteiger partial charge in [-0.25, -0.2) is 8.78 Å². The zero-order chi connectivity index (χ0) is 19.9. The molecule has 0 spiro atoms. The minimum Gasteiger partial charge on any atom is -0.369 e. The summed E-state index contributed by atoms with van der Waals surface area (Å²) in [7, 11) is 0. The average molecular weight is 388 g/mol. The van der Waals surface area contributed by atoms with Gasteiger partial charge in [-0.1, -0.05) is 60.7 Å². The zero-order valence-corrected chi connectivity index (χ0v) is 15.9. The van der Waals surface area contributed by atoms with Gasteiger partial charge in [0.25, 0.3) is 0 Å². The molecule has 0 aromatic heterocycles. The molecule has 0 radical (unpaired) electrons. The Morgan fingerprint density at radius 3 is 2.29 bits per heavy atom. The van der Waals surface area contributed by atoms with E-state index in [1.807, 2.05) is 65.6 Å². The van der Waals surface area contributed by atoms with Crippen molar-refractivity contribution in [1.82, 2.24) is 10.2 Å². The maximum Gasteiger partial charge on any atom is 0.217 e. The number of rotatable bonds is 7. The summed E-state index contributed by atoms with van der Waals surface area (Å²) < 4.78 is 35.0. The molecule has 0 saturated carbocycles. The number of hydrogen-bond donors (Lipinski definition) is 1. The number of amides is 1. The Labute approximate surface area is 164 Å². The first-order valence-electron chi connectivity index (χ1n) is 9.49. The molecule has 0 unspecified atom stereocenters. The Balaban J connectivity index is 1.79. The Bertz CT molecular complexity index is 745. The van der Waals surface area contributed by atoms with Crippen LogP contribution in [0.4, 0.5) is 8.78 Å². The van der Waals surface area contributed by atoms with Crippen LogP contribution in [0.3, 0.4) is 0 Å². The van der Waals surface area contributed by atoms with Crippen LogP contribution in [0.15, 0.2) is 60.7 Å². The summed E-state index contributed by atoms with van der Waals surface area (Å²) in [6.07, 6.45) is -2.46. The van der Waals surface area contributed by atoms with E-state index in [1.165, 1.54) is 6.92 Å². The molecule has 2 aromatic rings. The minimum atomic E-state index is -1.49. The van der Waals surface area contributed by atoms with Gasteiger partial charge in [0.2, 0.25) is 5.91 Å². The van der Waals surface area contributed by atoms with E-state index in [1.54, 1.807) is 0 Å². The van der Waals surface area contributed by atoms with Gasteiger partial charge in [-0.15, -0.1) is 0 Å². The van der Waals surface area contributed by atoms with Crippen LogP contribution < -0.4 is 5.32 Å². The zero-order valence-electron chi connectivity index (χ0n) is 15.9. The lowest BCUT2D eigenvalue weighted by molar-refractivity contribution is -0.129. The van der Waals surface area contributed by atoms with Crippen LogP contribution in [-0.2, 0) is 22.7 Å². The SMILES string of the molecule is CC(=O)N[C@H]1CN(Cc2ccccc2)[C@H](CF)[C@@H](OCc2ccccc2)[C@H]1F.